The third-order valence-electron chi connectivity index (χ3n) is 4.81. The molecule has 2 heterocycles. The van der Waals surface area contributed by atoms with Crippen molar-refractivity contribution in [2.75, 3.05) is 18.7 Å². The predicted octanol–water partition coefficient (Wildman–Crippen LogP) is 3.60. The minimum Gasteiger partial charge on any atom is -0.504 e. The van der Waals surface area contributed by atoms with Gasteiger partial charge in [-0.05, 0) is 29.1 Å². The molecular formula is C19H15NO4. The molecule has 0 bridgehead atoms. The number of fused-ring (bicyclic) bond motifs is 6. The molecule has 2 aliphatic rings. The van der Waals surface area contributed by atoms with Gasteiger partial charge in [0.05, 0.1) is 5.69 Å². The van der Waals surface area contributed by atoms with E-state index in [0.717, 1.165) is 44.6 Å². The molecule has 3 aromatic carbocycles. The Bertz CT molecular complexity index is 1010. The summed E-state index contributed by atoms with van der Waals surface area (Å²) in [4.78, 5) is 2.08. The quantitative estimate of drug-likeness (QED) is 0.620. The van der Waals surface area contributed by atoms with Crippen LogP contribution in [0.15, 0.2) is 36.4 Å². The normalized spacial score (nSPS) is 14.6. The molecule has 0 radical (unpaired) electrons. The topological polar surface area (TPSA) is 62.2 Å². The molecule has 24 heavy (non-hydrogen) atoms. The smallest absolute Gasteiger partial charge is 0.231 e. The van der Waals surface area contributed by atoms with Crippen molar-refractivity contribution in [1.82, 2.24) is 0 Å². The highest BCUT2D eigenvalue weighted by atomic mass is 16.7. The molecule has 0 spiro atoms. The van der Waals surface area contributed by atoms with Gasteiger partial charge in [-0.15, -0.1) is 0 Å². The van der Waals surface area contributed by atoms with Crippen LogP contribution in [0.2, 0.25) is 0 Å². The van der Waals surface area contributed by atoms with Crippen molar-refractivity contribution < 1.29 is 19.7 Å². The zero-order valence-electron chi connectivity index (χ0n) is 13.0. The summed E-state index contributed by atoms with van der Waals surface area (Å²) in [5.74, 6) is 1.39. The summed E-state index contributed by atoms with van der Waals surface area (Å²) in [6.07, 6.45) is 0. The Morgan fingerprint density at radius 2 is 1.71 bits per heavy atom. The second-order valence-corrected chi connectivity index (χ2v) is 6.20. The molecule has 0 aromatic heterocycles. The summed E-state index contributed by atoms with van der Waals surface area (Å²) in [7, 11) is 1.98. The van der Waals surface area contributed by atoms with Crippen LogP contribution in [0.5, 0.6) is 23.0 Å². The number of phenols is 2. The van der Waals surface area contributed by atoms with E-state index in [1.54, 1.807) is 0 Å². The number of benzene rings is 3. The van der Waals surface area contributed by atoms with Crippen molar-refractivity contribution in [3.63, 3.8) is 0 Å². The summed E-state index contributed by atoms with van der Waals surface area (Å²) in [5.41, 5.74) is 3.80. The highest BCUT2D eigenvalue weighted by molar-refractivity contribution is 6.05. The van der Waals surface area contributed by atoms with E-state index in [2.05, 4.69) is 4.90 Å². The molecule has 5 rings (SSSR count). The molecule has 5 nitrogen and oxygen atoms in total. The number of rotatable bonds is 0. The summed E-state index contributed by atoms with van der Waals surface area (Å²) in [6, 6.07) is 11.5. The molecule has 3 aromatic rings. The van der Waals surface area contributed by atoms with Crippen LogP contribution in [0.3, 0.4) is 0 Å². The lowest BCUT2D eigenvalue weighted by Crippen LogP contribution is -2.22. The van der Waals surface area contributed by atoms with Gasteiger partial charge in [0.1, 0.15) is 0 Å². The molecular weight excluding hydrogens is 306 g/mol. The summed E-state index contributed by atoms with van der Waals surface area (Å²) < 4.78 is 11.0. The molecule has 120 valence electrons. The van der Waals surface area contributed by atoms with Crippen molar-refractivity contribution in [2.24, 2.45) is 0 Å². The van der Waals surface area contributed by atoms with Gasteiger partial charge in [-0.25, -0.2) is 0 Å². The number of aromatic hydroxyl groups is 2. The van der Waals surface area contributed by atoms with E-state index in [9.17, 15) is 10.2 Å². The van der Waals surface area contributed by atoms with Crippen molar-refractivity contribution in [3.8, 4) is 34.1 Å². The van der Waals surface area contributed by atoms with Crippen LogP contribution in [0.1, 0.15) is 5.56 Å². The monoisotopic (exact) mass is 321 g/mol. The third-order valence-corrected chi connectivity index (χ3v) is 4.81. The SMILES string of the molecule is CN1Cc2c(ccc(O)c2O)-c2ccc3cc4c(cc3c21)OCO4. The van der Waals surface area contributed by atoms with Crippen molar-refractivity contribution in [1.29, 1.82) is 0 Å². The summed E-state index contributed by atoms with van der Waals surface area (Å²) in [6.45, 7) is 0.774. The summed E-state index contributed by atoms with van der Waals surface area (Å²) in [5, 5.41) is 22.2. The number of phenolic OH excluding ortho intramolecular Hbond substituents is 2. The van der Waals surface area contributed by atoms with E-state index in [4.69, 9.17) is 9.47 Å². The molecule has 0 fully saturated rings. The average molecular weight is 321 g/mol. The van der Waals surface area contributed by atoms with Crippen LogP contribution in [0, 0.1) is 0 Å². The first-order valence-corrected chi connectivity index (χ1v) is 7.75. The van der Waals surface area contributed by atoms with Crippen molar-refractivity contribution in [2.45, 2.75) is 6.54 Å². The minimum absolute atomic E-state index is 0.0456. The molecule has 0 saturated heterocycles. The lowest BCUT2D eigenvalue weighted by molar-refractivity contribution is 0.174. The zero-order chi connectivity index (χ0) is 16.4. The fourth-order valence-corrected chi connectivity index (χ4v) is 3.68. The maximum absolute atomic E-state index is 10.2. The van der Waals surface area contributed by atoms with E-state index in [-0.39, 0.29) is 18.3 Å². The maximum Gasteiger partial charge on any atom is 0.231 e. The molecule has 0 atom stereocenters. The molecule has 0 unspecified atom stereocenters. The molecule has 5 heteroatoms. The van der Waals surface area contributed by atoms with Gasteiger partial charge in [0.15, 0.2) is 23.0 Å². The van der Waals surface area contributed by atoms with E-state index in [0.29, 0.717) is 6.54 Å². The van der Waals surface area contributed by atoms with E-state index >= 15 is 0 Å². The fraction of sp³-hybridized carbons (Fsp3) is 0.158. The zero-order valence-corrected chi connectivity index (χ0v) is 13.0. The van der Waals surface area contributed by atoms with Gasteiger partial charge < -0.3 is 24.6 Å². The van der Waals surface area contributed by atoms with Crippen LogP contribution in [-0.4, -0.2) is 24.1 Å². The molecule has 2 aliphatic heterocycles. The van der Waals surface area contributed by atoms with Gasteiger partial charge in [-0.1, -0.05) is 18.2 Å². The number of nitrogens with zero attached hydrogens (tertiary/aromatic N) is 1. The van der Waals surface area contributed by atoms with Crippen LogP contribution in [0.4, 0.5) is 5.69 Å². The first kappa shape index (κ1) is 13.4. The Morgan fingerprint density at radius 3 is 2.54 bits per heavy atom. The lowest BCUT2D eigenvalue weighted by Gasteiger charge is -2.31. The second kappa shape index (κ2) is 4.47. The van der Waals surface area contributed by atoms with Gasteiger partial charge in [0.2, 0.25) is 6.79 Å². The standard InChI is InChI=1S/C19H15NO4/c1-20-8-14-11(4-5-15(21)19(14)22)12-3-2-10-6-16-17(24-9-23-16)7-13(10)18(12)20/h2-7,21-22H,8-9H2,1H3. The average Bonchev–Trinajstić information content (AvgIpc) is 3.03. The van der Waals surface area contributed by atoms with Crippen molar-refractivity contribution >= 4 is 16.5 Å². The number of hydrogen-bond donors (Lipinski definition) is 2. The van der Waals surface area contributed by atoms with Crippen LogP contribution >= 0.6 is 0 Å². The Balaban J connectivity index is 1.84. The second-order valence-electron chi connectivity index (χ2n) is 6.20. The first-order valence-electron chi connectivity index (χ1n) is 7.75. The van der Waals surface area contributed by atoms with Gasteiger partial charge in [-0.3, -0.25) is 0 Å². The summed E-state index contributed by atoms with van der Waals surface area (Å²) >= 11 is 0. The van der Waals surface area contributed by atoms with Gasteiger partial charge in [-0.2, -0.15) is 0 Å². The Morgan fingerprint density at radius 1 is 0.958 bits per heavy atom. The molecule has 2 N–H and O–H groups in total. The predicted molar refractivity (Wildman–Crippen MR) is 90.9 cm³/mol. The molecule has 0 amide bonds. The minimum atomic E-state index is -0.0882. The first-order chi connectivity index (χ1) is 11.6. The Kier molecular flexibility index (Phi) is 2.49. The van der Waals surface area contributed by atoms with E-state index < -0.39 is 0 Å². The Hall–Kier alpha value is -3.08. The maximum atomic E-state index is 10.2. The molecule has 0 aliphatic carbocycles. The Labute approximate surface area is 138 Å². The fourth-order valence-electron chi connectivity index (χ4n) is 3.68. The third kappa shape index (κ3) is 1.64. The van der Waals surface area contributed by atoms with E-state index in [1.165, 1.54) is 6.07 Å². The number of hydrogen-bond acceptors (Lipinski definition) is 5. The lowest BCUT2D eigenvalue weighted by atomic mass is 9.90. The highest BCUT2D eigenvalue weighted by Crippen LogP contribution is 2.49. The molecule has 0 saturated carbocycles. The number of anilines is 1. The van der Waals surface area contributed by atoms with Gasteiger partial charge in [0.25, 0.3) is 0 Å². The van der Waals surface area contributed by atoms with Crippen LogP contribution in [0.25, 0.3) is 21.9 Å². The van der Waals surface area contributed by atoms with Crippen molar-refractivity contribution in [3.05, 3.63) is 42.0 Å². The van der Waals surface area contributed by atoms with Gasteiger partial charge in [0, 0.05) is 30.1 Å². The van der Waals surface area contributed by atoms with E-state index in [1.807, 2.05) is 37.4 Å². The van der Waals surface area contributed by atoms with Crippen LogP contribution < -0.4 is 14.4 Å². The van der Waals surface area contributed by atoms with Crippen LogP contribution in [-0.2, 0) is 6.54 Å². The largest absolute Gasteiger partial charge is 0.504 e. The highest BCUT2D eigenvalue weighted by Gasteiger charge is 2.26. The van der Waals surface area contributed by atoms with Gasteiger partial charge >= 0.3 is 0 Å². The number of ether oxygens (including phenoxy) is 2.